The fraction of sp³-hybridized carbons (Fsp3) is 0.320. The van der Waals surface area contributed by atoms with Crippen LogP contribution >= 0.6 is 0 Å². The van der Waals surface area contributed by atoms with Gasteiger partial charge in [-0.1, -0.05) is 18.2 Å². The van der Waals surface area contributed by atoms with Crippen LogP contribution in [0.15, 0.2) is 60.8 Å². The molecular formula is C25H27FN4O2. The number of anilines is 2. The van der Waals surface area contributed by atoms with E-state index in [2.05, 4.69) is 15.3 Å². The summed E-state index contributed by atoms with van der Waals surface area (Å²) in [6.45, 7) is 3.48. The molecule has 2 aromatic heterocycles. The number of ether oxygens (including phenoxy) is 1. The first-order valence-electron chi connectivity index (χ1n) is 10.9. The molecule has 3 aromatic rings. The van der Waals surface area contributed by atoms with Gasteiger partial charge in [0.2, 0.25) is 5.91 Å². The smallest absolute Gasteiger partial charge is 0.222 e. The molecule has 1 atom stereocenters. The Bertz CT molecular complexity index is 1040. The fourth-order valence-corrected chi connectivity index (χ4v) is 3.82. The number of benzene rings is 1. The van der Waals surface area contributed by atoms with Gasteiger partial charge in [0, 0.05) is 30.5 Å². The fourth-order valence-electron chi connectivity index (χ4n) is 3.82. The Balaban J connectivity index is 1.35. The number of nitrogens with one attached hydrogen (secondary N) is 1. The molecule has 1 fully saturated rings. The highest BCUT2D eigenvalue weighted by Gasteiger charge is 2.26. The molecule has 166 valence electrons. The topological polar surface area (TPSA) is 67.4 Å². The van der Waals surface area contributed by atoms with Crippen molar-refractivity contribution in [3.63, 3.8) is 0 Å². The Morgan fingerprint density at radius 2 is 2.06 bits per heavy atom. The van der Waals surface area contributed by atoms with Gasteiger partial charge in [-0.05, 0) is 61.7 Å². The third kappa shape index (κ3) is 5.88. The zero-order valence-corrected chi connectivity index (χ0v) is 18.1. The Kier molecular flexibility index (Phi) is 7.07. The number of aryl methyl sites for hydroxylation is 2. The summed E-state index contributed by atoms with van der Waals surface area (Å²) in [6.07, 6.45) is 3.41. The summed E-state index contributed by atoms with van der Waals surface area (Å²) in [4.78, 5) is 23.6. The number of carbonyl (C=O) groups is 1. The molecular weight excluding hydrogens is 407 g/mol. The maximum absolute atomic E-state index is 13.0. The molecule has 3 heterocycles. The van der Waals surface area contributed by atoms with E-state index in [0.29, 0.717) is 26.1 Å². The van der Waals surface area contributed by atoms with Gasteiger partial charge in [-0.2, -0.15) is 0 Å². The van der Waals surface area contributed by atoms with Gasteiger partial charge in [0.15, 0.2) is 0 Å². The number of rotatable bonds is 7. The van der Waals surface area contributed by atoms with E-state index in [4.69, 9.17) is 4.74 Å². The van der Waals surface area contributed by atoms with Crippen LogP contribution in [0.5, 0.6) is 0 Å². The van der Waals surface area contributed by atoms with Crippen molar-refractivity contribution in [2.24, 2.45) is 0 Å². The number of nitrogens with zero attached hydrogens (tertiary/aromatic N) is 3. The third-order valence-electron chi connectivity index (χ3n) is 5.43. The largest absolute Gasteiger partial charge is 0.368 e. The predicted molar refractivity (Wildman–Crippen MR) is 121 cm³/mol. The number of aromatic nitrogens is 2. The molecule has 0 saturated carbocycles. The average Bonchev–Trinajstić information content (AvgIpc) is 2.81. The molecule has 1 aliphatic heterocycles. The van der Waals surface area contributed by atoms with E-state index >= 15 is 0 Å². The van der Waals surface area contributed by atoms with Gasteiger partial charge in [-0.15, -0.1) is 0 Å². The molecule has 0 unspecified atom stereocenters. The van der Waals surface area contributed by atoms with Crippen LogP contribution in [0, 0.1) is 12.7 Å². The maximum Gasteiger partial charge on any atom is 0.222 e. The van der Waals surface area contributed by atoms with Gasteiger partial charge in [-0.25, -0.2) is 9.37 Å². The summed E-state index contributed by atoms with van der Waals surface area (Å²) in [5, 5.41) is 3.29. The van der Waals surface area contributed by atoms with E-state index in [9.17, 15) is 9.18 Å². The number of halogens is 1. The van der Waals surface area contributed by atoms with Gasteiger partial charge in [0.25, 0.3) is 0 Å². The van der Waals surface area contributed by atoms with Crippen molar-refractivity contribution in [3.8, 4) is 0 Å². The number of hydrogen-bond donors (Lipinski definition) is 1. The van der Waals surface area contributed by atoms with Crippen LogP contribution in [-0.4, -0.2) is 40.5 Å². The van der Waals surface area contributed by atoms with Crippen molar-refractivity contribution in [2.45, 2.75) is 32.3 Å². The molecule has 0 aliphatic carbocycles. The van der Waals surface area contributed by atoms with Crippen molar-refractivity contribution >= 4 is 17.4 Å². The highest BCUT2D eigenvalue weighted by atomic mass is 19.1. The summed E-state index contributed by atoms with van der Waals surface area (Å²) < 4.78 is 19.0. The highest BCUT2D eigenvalue weighted by Crippen LogP contribution is 2.25. The second kappa shape index (κ2) is 10.3. The third-order valence-corrected chi connectivity index (χ3v) is 5.43. The first-order valence-corrected chi connectivity index (χ1v) is 10.9. The number of hydrogen-bond acceptors (Lipinski definition) is 5. The monoisotopic (exact) mass is 434 g/mol. The Labute approximate surface area is 187 Å². The van der Waals surface area contributed by atoms with E-state index < -0.39 is 0 Å². The standard InChI is InChI=1S/C25H27FN4O2/c1-18-15-21(29-24-6-2-3-12-27-24)16-22(28-18)23-17-30(13-14-32-23)25(31)7-4-5-19-8-10-20(26)11-9-19/h2-3,6,8-12,15-16,23H,4-5,7,13-14,17H2,1H3,(H,27,28,29)/t23-/m0/s1. The molecule has 6 nitrogen and oxygen atoms in total. The molecule has 0 spiro atoms. The van der Waals surface area contributed by atoms with Crippen molar-refractivity contribution in [1.82, 2.24) is 14.9 Å². The number of morpholine rings is 1. The van der Waals surface area contributed by atoms with Crippen LogP contribution in [0.3, 0.4) is 0 Å². The van der Waals surface area contributed by atoms with E-state index in [1.807, 2.05) is 42.2 Å². The van der Waals surface area contributed by atoms with Gasteiger partial charge < -0.3 is 15.0 Å². The van der Waals surface area contributed by atoms with Crippen molar-refractivity contribution < 1.29 is 13.9 Å². The molecule has 7 heteroatoms. The Morgan fingerprint density at radius 3 is 2.84 bits per heavy atom. The summed E-state index contributed by atoms with van der Waals surface area (Å²) in [6, 6.07) is 16.1. The molecule has 1 aliphatic rings. The number of carbonyl (C=O) groups excluding carboxylic acids is 1. The first kappa shape index (κ1) is 21.9. The predicted octanol–water partition coefficient (Wildman–Crippen LogP) is 4.59. The lowest BCUT2D eigenvalue weighted by atomic mass is 10.1. The van der Waals surface area contributed by atoms with Crippen LogP contribution < -0.4 is 5.32 Å². The second-order valence-corrected chi connectivity index (χ2v) is 7.94. The molecule has 4 rings (SSSR count). The van der Waals surface area contributed by atoms with Gasteiger partial charge in [0.05, 0.1) is 18.8 Å². The quantitative estimate of drug-likeness (QED) is 0.589. The molecule has 1 N–H and O–H groups in total. The van der Waals surface area contributed by atoms with E-state index in [0.717, 1.165) is 41.3 Å². The molecule has 0 radical (unpaired) electrons. The lowest BCUT2D eigenvalue weighted by molar-refractivity contribution is -0.139. The normalized spacial score (nSPS) is 16.1. The highest BCUT2D eigenvalue weighted by molar-refractivity contribution is 5.76. The Morgan fingerprint density at radius 1 is 1.22 bits per heavy atom. The molecule has 0 bridgehead atoms. The van der Waals surface area contributed by atoms with Crippen LogP contribution in [0.4, 0.5) is 15.9 Å². The van der Waals surface area contributed by atoms with Crippen molar-refractivity contribution in [2.75, 3.05) is 25.0 Å². The van der Waals surface area contributed by atoms with Crippen LogP contribution in [0.2, 0.25) is 0 Å². The van der Waals surface area contributed by atoms with E-state index in [1.54, 1.807) is 18.3 Å². The van der Waals surface area contributed by atoms with Crippen molar-refractivity contribution in [1.29, 1.82) is 0 Å². The lowest BCUT2D eigenvalue weighted by Crippen LogP contribution is -2.42. The average molecular weight is 435 g/mol. The zero-order valence-electron chi connectivity index (χ0n) is 18.1. The van der Waals surface area contributed by atoms with E-state index in [-0.39, 0.29) is 17.8 Å². The minimum Gasteiger partial charge on any atom is -0.368 e. The Hall–Kier alpha value is -3.32. The molecule has 1 amide bonds. The summed E-state index contributed by atoms with van der Waals surface area (Å²) in [5.74, 6) is 0.624. The SMILES string of the molecule is Cc1cc(Nc2ccccn2)cc([C@@H]2CN(C(=O)CCCc3ccc(F)cc3)CCO2)n1. The zero-order chi connectivity index (χ0) is 22.3. The summed E-state index contributed by atoms with van der Waals surface area (Å²) >= 11 is 0. The van der Waals surface area contributed by atoms with Crippen LogP contribution in [-0.2, 0) is 16.0 Å². The number of amides is 1. The molecule has 1 saturated heterocycles. The first-order chi connectivity index (χ1) is 15.6. The molecule has 32 heavy (non-hydrogen) atoms. The lowest BCUT2D eigenvalue weighted by Gasteiger charge is -2.33. The van der Waals surface area contributed by atoms with E-state index in [1.165, 1.54) is 12.1 Å². The minimum atomic E-state index is -0.269. The van der Waals surface area contributed by atoms with Gasteiger partial charge in [0.1, 0.15) is 17.7 Å². The summed E-state index contributed by atoms with van der Waals surface area (Å²) in [5.41, 5.74) is 3.59. The van der Waals surface area contributed by atoms with Crippen LogP contribution in [0.25, 0.3) is 0 Å². The molecule has 1 aromatic carbocycles. The minimum absolute atomic E-state index is 0.111. The van der Waals surface area contributed by atoms with Crippen LogP contribution in [0.1, 0.15) is 35.9 Å². The van der Waals surface area contributed by atoms with Gasteiger partial charge in [-0.3, -0.25) is 9.78 Å². The summed E-state index contributed by atoms with van der Waals surface area (Å²) in [7, 11) is 0. The maximum atomic E-state index is 13.0. The number of pyridine rings is 2. The van der Waals surface area contributed by atoms with Crippen molar-refractivity contribution in [3.05, 3.63) is 83.6 Å². The second-order valence-electron chi connectivity index (χ2n) is 7.94. The van der Waals surface area contributed by atoms with Gasteiger partial charge >= 0.3 is 0 Å².